The van der Waals surface area contributed by atoms with E-state index in [-0.39, 0.29) is 11.7 Å². The first kappa shape index (κ1) is 19.5. The van der Waals surface area contributed by atoms with E-state index in [9.17, 15) is 9.59 Å². The summed E-state index contributed by atoms with van der Waals surface area (Å²) in [6, 6.07) is 7.68. The van der Waals surface area contributed by atoms with Crippen LogP contribution in [0.25, 0.3) is 11.3 Å². The quantitative estimate of drug-likeness (QED) is 0.618. The molecular weight excluding hydrogens is 356 g/mol. The Morgan fingerprint density at radius 2 is 2.08 bits per heavy atom. The first-order valence-corrected chi connectivity index (χ1v) is 8.41. The third kappa shape index (κ3) is 4.61. The standard InChI is InChI=1S/C18H19ClN4O3/c1-11(2)8-15(18(25)23(3)10-20)21-17(24)16-9-14(22-26-16)12-6-4-5-7-13(12)19/h4-7,9,11,15H,8H2,1-3H3,(H,21,24)/t15-/m0/s1. The highest BCUT2D eigenvalue weighted by molar-refractivity contribution is 6.33. The lowest BCUT2D eigenvalue weighted by Gasteiger charge is -2.20. The van der Waals surface area contributed by atoms with E-state index in [1.165, 1.54) is 13.1 Å². The van der Waals surface area contributed by atoms with Gasteiger partial charge in [-0.3, -0.25) is 14.5 Å². The molecule has 1 aromatic heterocycles. The Kier molecular flexibility index (Phi) is 6.36. The summed E-state index contributed by atoms with van der Waals surface area (Å²) in [6.07, 6.45) is 2.14. The largest absolute Gasteiger partial charge is 0.350 e. The number of aromatic nitrogens is 1. The maximum absolute atomic E-state index is 12.5. The van der Waals surface area contributed by atoms with Crippen molar-refractivity contribution in [2.75, 3.05) is 7.05 Å². The molecule has 26 heavy (non-hydrogen) atoms. The third-order valence-electron chi connectivity index (χ3n) is 3.67. The van der Waals surface area contributed by atoms with Gasteiger partial charge in [-0.25, -0.2) is 0 Å². The summed E-state index contributed by atoms with van der Waals surface area (Å²) in [5.41, 5.74) is 1.05. The Morgan fingerprint density at radius 3 is 2.69 bits per heavy atom. The zero-order valence-electron chi connectivity index (χ0n) is 14.7. The van der Waals surface area contributed by atoms with Gasteiger partial charge < -0.3 is 9.84 Å². The van der Waals surface area contributed by atoms with Crippen molar-refractivity contribution in [2.24, 2.45) is 5.92 Å². The lowest BCUT2D eigenvalue weighted by atomic mass is 10.0. The highest BCUT2D eigenvalue weighted by atomic mass is 35.5. The molecule has 136 valence electrons. The number of hydrogen-bond donors (Lipinski definition) is 1. The summed E-state index contributed by atoms with van der Waals surface area (Å²) < 4.78 is 5.10. The summed E-state index contributed by atoms with van der Waals surface area (Å²) in [5, 5.41) is 15.9. The Morgan fingerprint density at radius 1 is 1.38 bits per heavy atom. The van der Waals surface area contributed by atoms with Crippen LogP contribution in [0.4, 0.5) is 0 Å². The van der Waals surface area contributed by atoms with Crippen molar-refractivity contribution in [1.29, 1.82) is 5.26 Å². The van der Waals surface area contributed by atoms with Gasteiger partial charge in [-0.1, -0.05) is 48.8 Å². The van der Waals surface area contributed by atoms with Crippen LogP contribution in [0.1, 0.15) is 30.8 Å². The van der Waals surface area contributed by atoms with Gasteiger partial charge in [0.15, 0.2) is 6.19 Å². The smallest absolute Gasteiger partial charge is 0.290 e. The van der Waals surface area contributed by atoms with Crippen molar-refractivity contribution in [2.45, 2.75) is 26.3 Å². The molecular formula is C18H19ClN4O3. The maximum atomic E-state index is 12.5. The number of nitrogens with one attached hydrogen (secondary N) is 1. The van der Waals surface area contributed by atoms with Crippen LogP contribution in [0.5, 0.6) is 0 Å². The molecule has 0 unspecified atom stereocenters. The molecule has 1 N–H and O–H groups in total. The number of likely N-dealkylation sites (N-methyl/N-ethyl adjacent to an activating group) is 1. The van der Waals surface area contributed by atoms with Crippen molar-refractivity contribution in [3.63, 3.8) is 0 Å². The number of amides is 2. The molecule has 2 aromatic rings. The molecule has 0 aliphatic carbocycles. The van der Waals surface area contributed by atoms with Gasteiger partial charge in [-0.05, 0) is 18.4 Å². The van der Waals surface area contributed by atoms with Crippen molar-refractivity contribution in [3.05, 3.63) is 41.1 Å². The number of carbonyl (C=O) groups is 2. The first-order valence-electron chi connectivity index (χ1n) is 8.03. The topological polar surface area (TPSA) is 99.2 Å². The zero-order chi connectivity index (χ0) is 19.3. The molecule has 8 heteroatoms. The van der Waals surface area contributed by atoms with E-state index < -0.39 is 17.9 Å². The predicted molar refractivity (Wildman–Crippen MR) is 96.0 cm³/mol. The van der Waals surface area contributed by atoms with E-state index >= 15 is 0 Å². The molecule has 0 aliphatic rings. The molecule has 2 amide bonds. The van der Waals surface area contributed by atoms with E-state index in [0.29, 0.717) is 22.7 Å². The fourth-order valence-corrected chi connectivity index (χ4v) is 2.62. The number of hydrogen-bond acceptors (Lipinski definition) is 5. The number of rotatable bonds is 6. The molecule has 0 saturated heterocycles. The number of benzene rings is 1. The molecule has 1 aromatic carbocycles. The Labute approximate surface area is 156 Å². The molecule has 0 fully saturated rings. The predicted octanol–water partition coefficient (Wildman–Crippen LogP) is 3.08. The molecule has 1 heterocycles. The van der Waals surface area contributed by atoms with Gasteiger partial charge in [0.25, 0.3) is 11.8 Å². The summed E-state index contributed by atoms with van der Waals surface area (Å²) in [7, 11) is 1.35. The van der Waals surface area contributed by atoms with Crippen molar-refractivity contribution < 1.29 is 14.1 Å². The summed E-state index contributed by atoms with van der Waals surface area (Å²) >= 11 is 6.12. The van der Waals surface area contributed by atoms with Crippen LogP contribution in [0.2, 0.25) is 5.02 Å². The van der Waals surface area contributed by atoms with Gasteiger partial charge in [0.05, 0.1) is 5.02 Å². The number of carbonyl (C=O) groups excluding carboxylic acids is 2. The van der Waals surface area contributed by atoms with Crippen molar-refractivity contribution in [3.8, 4) is 17.5 Å². The highest BCUT2D eigenvalue weighted by Gasteiger charge is 2.27. The van der Waals surface area contributed by atoms with Crippen LogP contribution in [-0.2, 0) is 4.79 Å². The van der Waals surface area contributed by atoms with Crippen LogP contribution in [0.15, 0.2) is 34.9 Å². The molecule has 2 rings (SSSR count). The summed E-state index contributed by atoms with van der Waals surface area (Å²) in [6.45, 7) is 3.84. The third-order valence-corrected chi connectivity index (χ3v) is 4.00. The number of nitriles is 1. The number of halogens is 1. The van der Waals surface area contributed by atoms with Gasteiger partial charge in [0.1, 0.15) is 11.7 Å². The lowest BCUT2D eigenvalue weighted by Crippen LogP contribution is -2.46. The Bertz CT molecular complexity index is 841. The highest BCUT2D eigenvalue weighted by Crippen LogP contribution is 2.27. The minimum Gasteiger partial charge on any atom is -0.350 e. The second-order valence-corrected chi connectivity index (χ2v) is 6.62. The van der Waals surface area contributed by atoms with Crippen LogP contribution in [0.3, 0.4) is 0 Å². The average molecular weight is 375 g/mol. The minimum atomic E-state index is -0.832. The van der Waals surface area contributed by atoms with Crippen LogP contribution in [-0.4, -0.2) is 35.0 Å². The molecule has 7 nitrogen and oxygen atoms in total. The maximum Gasteiger partial charge on any atom is 0.290 e. The Balaban J connectivity index is 2.18. The van der Waals surface area contributed by atoms with Crippen LogP contribution < -0.4 is 5.32 Å². The molecule has 0 spiro atoms. The van der Waals surface area contributed by atoms with Gasteiger partial charge in [0, 0.05) is 18.7 Å². The second kappa shape index (κ2) is 8.50. The normalized spacial score (nSPS) is 11.7. The van der Waals surface area contributed by atoms with Gasteiger partial charge in [-0.15, -0.1) is 0 Å². The van der Waals surface area contributed by atoms with Gasteiger partial charge in [-0.2, -0.15) is 5.26 Å². The molecule has 0 bridgehead atoms. The molecule has 0 saturated carbocycles. The molecule has 0 aliphatic heterocycles. The Hall–Kier alpha value is -2.85. The summed E-state index contributed by atoms with van der Waals surface area (Å²) in [5.74, 6) is -0.965. The van der Waals surface area contributed by atoms with Gasteiger partial charge >= 0.3 is 0 Å². The molecule has 1 atom stereocenters. The van der Waals surface area contributed by atoms with Crippen LogP contribution in [0, 0.1) is 17.4 Å². The summed E-state index contributed by atoms with van der Waals surface area (Å²) in [4.78, 5) is 25.6. The zero-order valence-corrected chi connectivity index (χ0v) is 15.4. The average Bonchev–Trinajstić information content (AvgIpc) is 3.09. The van der Waals surface area contributed by atoms with E-state index in [1.54, 1.807) is 30.5 Å². The van der Waals surface area contributed by atoms with E-state index in [4.69, 9.17) is 21.4 Å². The lowest BCUT2D eigenvalue weighted by molar-refractivity contribution is -0.129. The first-order chi connectivity index (χ1) is 12.3. The minimum absolute atomic E-state index is 0.0407. The van der Waals surface area contributed by atoms with E-state index in [1.807, 2.05) is 13.8 Å². The van der Waals surface area contributed by atoms with Gasteiger partial charge in [0.2, 0.25) is 5.76 Å². The fraction of sp³-hybridized carbons (Fsp3) is 0.333. The van der Waals surface area contributed by atoms with E-state index in [2.05, 4.69) is 10.5 Å². The van der Waals surface area contributed by atoms with Crippen LogP contribution >= 0.6 is 11.6 Å². The monoisotopic (exact) mass is 374 g/mol. The fourth-order valence-electron chi connectivity index (χ4n) is 2.38. The molecule has 0 radical (unpaired) electrons. The second-order valence-electron chi connectivity index (χ2n) is 6.21. The van der Waals surface area contributed by atoms with Crippen molar-refractivity contribution in [1.82, 2.24) is 15.4 Å². The SMILES string of the molecule is CC(C)C[C@H](NC(=O)c1cc(-c2ccccc2Cl)no1)C(=O)N(C)C#N. The van der Waals surface area contributed by atoms with Crippen molar-refractivity contribution >= 4 is 23.4 Å². The number of nitrogens with zero attached hydrogens (tertiary/aromatic N) is 3. The van der Waals surface area contributed by atoms with E-state index in [0.717, 1.165) is 4.90 Å².